The van der Waals surface area contributed by atoms with Crippen molar-refractivity contribution in [2.24, 2.45) is 0 Å². The highest BCUT2D eigenvalue weighted by atomic mass is 32.2. The van der Waals surface area contributed by atoms with E-state index < -0.39 is 15.8 Å². The molecule has 1 heterocycles. The fourth-order valence-corrected chi connectivity index (χ4v) is 3.55. The fourth-order valence-electron chi connectivity index (χ4n) is 2.42. The Morgan fingerprint density at radius 3 is 2.61 bits per heavy atom. The van der Waals surface area contributed by atoms with Crippen LogP contribution in [0, 0.1) is 19.7 Å². The van der Waals surface area contributed by atoms with Crippen LogP contribution >= 0.6 is 0 Å². The van der Waals surface area contributed by atoms with Crippen LogP contribution in [0.3, 0.4) is 0 Å². The third-order valence-electron chi connectivity index (χ3n) is 3.61. The summed E-state index contributed by atoms with van der Waals surface area (Å²) in [6, 6.07) is 11.1. The first kappa shape index (κ1) is 15.4. The van der Waals surface area contributed by atoms with Gasteiger partial charge in [0.2, 0.25) is 0 Å². The van der Waals surface area contributed by atoms with Crippen molar-refractivity contribution in [3.8, 4) is 0 Å². The maximum absolute atomic E-state index is 14.0. The molecule has 4 nitrogen and oxygen atoms in total. The summed E-state index contributed by atoms with van der Waals surface area (Å²) in [5, 5.41) is 0.845. The van der Waals surface area contributed by atoms with Crippen molar-refractivity contribution in [1.29, 1.82) is 0 Å². The van der Waals surface area contributed by atoms with Crippen molar-refractivity contribution in [3.05, 3.63) is 65.6 Å². The van der Waals surface area contributed by atoms with Crippen LogP contribution in [0.1, 0.15) is 11.1 Å². The van der Waals surface area contributed by atoms with E-state index in [1.807, 2.05) is 13.0 Å². The average Bonchev–Trinajstić information content (AvgIpc) is 2.50. The molecule has 23 heavy (non-hydrogen) atoms. The van der Waals surface area contributed by atoms with Gasteiger partial charge in [-0.25, -0.2) is 12.8 Å². The third kappa shape index (κ3) is 2.90. The Labute approximate surface area is 134 Å². The molecule has 2 aromatic carbocycles. The van der Waals surface area contributed by atoms with Crippen LogP contribution in [-0.2, 0) is 10.0 Å². The number of aromatic nitrogens is 1. The summed E-state index contributed by atoms with van der Waals surface area (Å²) in [6.45, 7) is 3.62. The van der Waals surface area contributed by atoms with Gasteiger partial charge in [-0.05, 0) is 49.2 Å². The summed E-state index contributed by atoms with van der Waals surface area (Å²) in [5.74, 6) is -0.776. The van der Waals surface area contributed by atoms with E-state index in [-0.39, 0.29) is 4.90 Å². The molecule has 0 atom stereocenters. The predicted octanol–water partition coefficient (Wildman–Crippen LogP) is 3.79. The molecule has 3 rings (SSSR count). The van der Waals surface area contributed by atoms with E-state index in [2.05, 4.69) is 9.71 Å². The summed E-state index contributed by atoms with van der Waals surface area (Å²) in [5.41, 5.74) is 2.50. The number of benzene rings is 2. The first-order chi connectivity index (χ1) is 10.9. The van der Waals surface area contributed by atoms with E-state index in [9.17, 15) is 12.8 Å². The zero-order chi connectivity index (χ0) is 16.6. The second-order valence-electron chi connectivity index (χ2n) is 5.37. The summed E-state index contributed by atoms with van der Waals surface area (Å²) in [7, 11) is -4.03. The number of hydrogen-bond acceptors (Lipinski definition) is 3. The number of nitrogens with zero attached hydrogens (tertiary/aromatic N) is 1. The molecule has 0 fully saturated rings. The zero-order valence-corrected chi connectivity index (χ0v) is 13.5. The normalized spacial score (nSPS) is 11.6. The molecule has 1 aromatic heterocycles. The van der Waals surface area contributed by atoms with Crippen LogP contribution in [0.15, 0.2) is 53.6 Å². The topological polar surface area (TPSA) is 59.1 Å². The standard InChI is InChI=1S/C17H15FN2O2S/c1-11-5-8-16(14(18)10-11)23(21,22)20-15-7-6-12(2)13-4-3-9-19-17(13)15/h3-10,20H,1-2H3. The highest BCUT2D eigenvalue weighted by Crippen LogP contribution is 2.27. The molecule has 0 amide bonds. The Balaban J connectivity index is 2.10. The maximum Gasteiger partial charge on any atom is 0.264 e. The van der Waals surface area contributed by atoms with Crippen LogP contribution in [0.25, 0.3) is 10.9 Å². The van der Waals surface area contributed by atoms with Crippen molar-refractivity contribution in [3.63, 3.8) is 0 Å². The average molecular weight is 330 g/mol. The van der Waals surface area contributed by atoms with Crippen LogP contribution in [0.4, 0.5) is 10.1 Å². The summed E-state index contributed by atoms with van der Waals surface area (Å²) >= 11 is 0. The van der Waals surface area contributed by atoms with Crippen molar-refractivity contribution in [1.82, 2.24) is 4.98 Å². The van der Waals surface area contributed by atoms with Gasteiger partial charge in [0.25, 0.3) is 10.0 Å². The number of anilines is 1. The van der Waals surface area contributed by atoms with Crippen LogP contribution in [-0.4, -0.2) is 13.4 Å². The van der Waals surface area contributed by atoms with Crippen LogP contribution in [0.5, 0.6) is 0 Å². The monoisotopic (exact) mass is 330 g/mol. The minimum Gasteiger partial charge on any atom is -0.277 e. The number of pyridine rings is 1. The number of sulfonamides is 1. The van der Waals surface area contributed by atoms with Crippen molar-refractivity contribution in [2.45, 2.75) is 18.7 Å². The molecule has 0 aliphatic carbocycles. The van der Waals surface area contributed by atoms with Gasteiger partial charge in [0, 0.05) is 11.6 Å². The van der Waals surface area contributed by atoms with Gasteiger partial charge in [-0.1, -0.05) is 18.2 Å². The molecular formula is C17H15FN2O2S. The molecule has 0 saturated carbocycles. The van der Waals surface area contributed by atoms with Gasteiger partial charge in [-0.15, -0.1) is 0 Å². The van der Waals surface area contributed by atoms with Gasteiger partial charge in [-0.2, -0.15) is 0 Å². The van der Waals surface area contributed by atoms with Crippen molar-refractivity contribution in [2.75, 3.05) is 4.72 Å². The van der Waals surface area contributed by atoms with Crippen molar-refractivity contribution >= 4 is 26.6 Å². The maximum atomic E-state index is 14.0. The summed E-state index contributed by atoms with van der Waals surface area (Å²) in [4.78, 5) is 3.85. The van der Waals surface area contributed by atoms with Gasteiger partial charge in [0.15, 0.2) is 0 Å². The third-order valence-corrected chi connectivity index (χ3v) is 5.01. The van der Waals surface area contributed by atoms with E-state index >= 15 is 0 Å². The lowest BCUT2D eigenvalue weighted by Crippen LogP contribution is -2.15. The molecule has 1 N–H and O–H groups in total. The molecule has 6 heteroatoms. The molecule has 0 aliphatic heterocycles. The lowest BCUT2D eigenvalue weighted by molar-refractivity contribution is 0.569. The number of fused-ring (bicyclic) bond motifs is 1. The van der Waals surface area contributed by atoms with Crippen LogP contribution < -0.4 is 4.72 Å². The number of aryl methyl sites for hydroxylation is 2. The van der Waals surface area contributed by atoms with E-state index in [0.29, 0.717) is 16.8 Å². The minimum absolute atomic E-state index is 0.325. The van der Waals surface area contributed by atoms with Gasteiger partial charge >= 0.3 is 0 Å². The van der Waals surface area contributed by atoms with E-state index in [4.69, 9.17) is 0 Å². The van der Waals surface area contributed by atoms with Crippen LogP contribution in [0.2, 0.25) is 0 Å². The Hall–Kier alpha value is -2.47. The summed E-state index contributed by atoms with van der Waals surface area (Å²) in [6.07, 6.45) is 1.59. The molecule has 3 aromatic rings. The largest absolute Gasteiger partial charge is 0.277 e. The second kappa shape index (κ2) is 5.62. The smallest absolute Gasteiger partial charge is 0.264 e. The molecule has 118 valence electrons. The lowest BCUT2D eigenvalue weighted by atomic mass is 10.1. The Morgan fingerprint density at radius 1 is 1.09 bits per heavy atom. The Morgan fingerprint density at radius 2 is 1.87 bits per heavy atom. The highest BCUT2D eigenvalue weighted by Gasteiger charge is 2.20. The molecule has 0 spiro atoms. The predicted molar refractivity (Wildman–Crippen MR) is 88.4 cm³/mol. The Bertz CT molecular complexity index is 1000. The first-order valence-corrected chi connectivity index (χ1v) is 8.50. The van der Waals surface area contributed by atoms with E-state index in [1.165, 1.54) is 12.1 Å². The molecular weight excluding hydrogens is 315 g/mol. The fraction of sp³-hybridized carbons (Fsp3) is 0.118. The van der Waals surface area contributed by atoms with E-state index in [1.54, 1.807) is 37.4 Å². The first-order valence-electron chi connectivity index (χ1n) is 7.02. The van der Waals surface area contributed by atoms with Gasteiger partial charge in [0.1, 0.15) is 10.7 Å². The number of halogens is 1. The summed E-state index contributed by atoms with van der Waals surface area (Å²) < 4.78 is 41.4. The molecule has 0 aliphatic rings. The lowest BCUT2D eigenvalue weighted by Gasteiger charge is -2.12. The molecule has 0 unspecified atom stereocenters. The number of hydrogen-bond donors (Lipinski definition) is 1. The molecule has 0 radical (unpaired) electrons. The second-order valence-corrected chi connectivity index (χ2v) is 7.02. The highest BCUT2D eigenvalue weighted by molar-refractivity contribution is 7.92. The quantitative estimate of drug-likeness (QED) is 0.795. The minimum atomic E-state index is -4.03. The molecule has 0 saturated heterocycles. The number of nitrogens with one attached hydrogen (secondary N) is 1. The van der Waals surface area contributed by atoms with Gasteiger partial charge in [0.05, 0.1) is 11.2 Å². The zero-order valence-electron chi connectivity index (χ0n) is 12.7. The SMILES string of the molecule is Cc1ccc(S(=O)(=O)Nc2ccc(C)c3cccnc23)c(F)c1. The van der Waals surface area contributed by atoms with Gasteiger partial charge in [-0.3, -0.25) is 9.71 Å². The molecule has 0 bridgehead atoms. The Kier molecular flexibility index (Phi) is 3.77. The van der Waals surface area contributed by atoms with Gasteiger partial charge < -0.3 is 0 Å². The van der Waals surface area contributed by atoms with Crippen molar-refractivity contribution < 1.29 is 12.8 Å². The van der Waals surface area contributed by atoms with E-state index in [0.717, 1.165) is 10.9 Å². The number of rotatable bonds is 3.